The topological polar surface area (TPSA) is 72.1 Å². The Labute approximate surface area is 164 Å². The molecule has 1 unspecified atom stereocenters. The maximum Gasteiger partial charge on any atom is 0.336 e. The molecule has 2 aliphatic heterocycles. The van der Waals surface area contributed by atoms with Crippen molar-refractivity contribution in [1.82, 2.24) is 4.90 Å². The van der Waals surface area contributed by atoms with E-state index in [2.05, 4.69) is 4.90 Å². The van der Waals surface area contributed by atoms with Crippen LogP contribution < -0.4 is 15.1 Å². The van der Waals surface area contributed by atoms with Gasteiger partial charge in [-0.3, -0.25) is 0 Å². The van der Waals surface area contributed by atoms with Crippen LogP contribution >= 0.6 is 0 Å². The summed E-state index contributed by atoms with van der Waals surface area (Å²) in [6.45, 7) is 6.75. The van der Waals surface area contributed by atoms with Gasteiger partial charge in [0, 0.05) is 18.0 Å². The summed E-state index contributed by atoms with van der Waals surface area (Å²) in [6.07, 6.45) is 6.89. The summed E-state index contributed by atoms with van der Waals surface area (Å²) in [4.78, 5) is 14.0. The molecule has 2 aromatic rings. The molecule has 1 saturated heterocycles. The summed E-state index contributed by atoms with van der Waals surface area (Å²) >= 11 is 0. The first-order valence-corrected chi connectivity index (χ1v) is 9.94. The van der Waals surface area contributed by atoms with Crippen molar-refractivity contribution < 1.29 is 19.0 Å². The number of hydrogen-bond acceptors (Lipinski definition) is 6. The summed E-state index contributed by atoms with van der Waals surface area (Å²) in [7, 11) is 0. The number of β-amino-alcohol motifs (C(OH)–C–C–N with tert-alkyl or cyclic N) is 1. The fourth-order valence-corrected chi connectivity index (χ4v) is 3.82. The molecule has 2 aliphatic rings. The molecular weight excluding hydrogens is 358 g/mol. The Morgan fingerprint density at radius 2 is 2.04 bits per heavy atom. The summed E-state index contributed by atoms with van der Waals surface area (Å²) in [5.74, 6) is 1.09. The maximum absolute atomic E-state index is 11.7. The molecule has 0 amide bonds. The predicted molar refractivity (Wildman–Crippen MR) is 108 cm³/mol. The van der Waals surface area contributed by atoms with Crippen molar-refractivity contribution in [2.24, 2.45) is 0 Å². The van der Waals surface area contributed by atoms with Crippen molar-refractivity contribution in [3.05, 3.63) is 40.3 Å². The van der Waals surface area contributed by atoms with Crippen molar-refractivity contribution in [2.45, 2.75) is 44.8 Å². The van der Waals surface area contributed by atoms with Crippen molar-refractivity contribution in [1.29, 1.82) is 0 Å². The van der Waals surface area contributed by atoms with Crippen LogP contribution in [0.2, 0.25) is 0 Å². The Hall–Kier alpha value is -2.31. The SMILES string of the molecule is CC1(C)C=Cc2c(c(OCC(O)CN3CCCCC3)cc3ccc(=O)oc23)O1. The first-order valence-electron chi connectivity index (χ1n) is 9.94. The maximum atomic E-state index is 11.7. The first-order chi connectivity index (χ1) is 13.4. The van der Waals surface area contributed by atoms with Gasteiger partial charge in [-0.25, -0.2) is 4.79 Å². The number of nitrogens with zero attached hydrogens (tertiary/aromatic N) is 1. The lowest BCUT2D eigenvalue weighted by atomic mass is 10.00. The second kappa shape index (κ2) is 7.60. The molecule has 3 heterocycles. The van der Waals surface area contributed by atoms with Crippen LogP contribution in [0, 0.1) is 0 Å². The van der Waals surface area contributed by atoms with Crippen molar-refractivity contribution in [2.75, 3.05) is 26.2 Å². The number of ether oxygens (including phenoxy) is 2. The Morgan fingerprint density at radius 1 is 1.25 bits per heavy atom. The van der Waals surface area contributed by atoms with E-state index in [0.29, 0.717) is 29.2 Å². The van der Waals surface area contributed by atoms with Gasteiger partial charge in [-0.1, -0.05) is 6.42 Å². The summed E-state index contributed by atoms with van der Waals surface area (Å²) in [5.41, 5.74) is 0.268. The minimum Gasteiger partial charge on any atom is -0.487 e. The van der Waals surface area contributed by atoms with Gasteiger partial charge in [0.05, 0.1) is 5.56 Å². The van der Waals surface area contributed by atoms with E-state index in [0.717, 1.165) is 18.5 Å². The molecule has 0 saturated carbocycles. The Morgan fingerprint density at radius 3 is 2.82 bits per heavy atom. The third-order valence-corrected chi connectivity index (χ3v) is 5.23. The molecule has 6 nitrogen and oxygen atoms in total. The van der Waals surface area contributed by atoms with Crippen molar-refractivity contribution >= 4 is 17.0 Å². The number of piperidine rings is 1. The molecule has 4 rings (SSSR count). The van der Waals surface area contributed by atoms with E-state index < -0.39 is 17.3 Å². The zero-order valence-corrected chi connectivity index (χ0v) is 16.4. The van der Waals surface area contributed by atoms with E-state index in [9.17, 15) is 9.90 Å². The molecule has 28 heavy (non-hydrogen) atoms. The van der Waals surface area contributed by atoms with Crippen molar-refractivity contribution in [3.63, 3.8) is 0 Å². The number of aliphatic hydroxyl groups excluding tert-OH is 1. The van der Waals surface area contributed by atoms with Gasteiger partial charge in [0.1, 0.15) is 23.9 Å². The number of benzene rings is 1. The second-order valence-corrected chi connectivity index (χ2v) is 8.16. The third kappa shape index (κ3) is 4.08. The molecule has 1 aromatic carbocycles. The van der Waals surface area contributed by atoms with Gasteiger partial charge in [0.15, 0.2) is 11.5 Å². The quantitative estimate of drug-likeness (QED) is 0.797. The standard InChI is InChI=1S/C22H27NO5/c1-22(2)9-8-17-20-15(6-7-19(25)27-20)12-18(21(17)28-22)26-14-16(24)13-23-10-4-3-5-11-23/h6-9,12,16,24H,3-5,10-11,13-14H2,1-2H3. The lowest BCUT2D eigenvalue weighted by Gasteiger charge is -2.30. The van der Waals surface area contributed by atoms with Crippen LogP contribution in [-0.4, -0.2) is 48.0 Å². The Kier molecular flexibility index (Phi) is 5.17. The fraction of sp³-hybridized carbons (Fsp3) is 0.500. The van der Waals surface area contributed by atoms with E-state index in [-0.39, 0.29) is 6.61 Å². The monoisotopic (exact) mass is 385 g/mol. The lowest BCUT2D eigenvalue weighted by molar-refractivity contribution is 0.0589. The zero-order chi connectivity index (χ0) is 19.7. The van der Waals surface area contributed by atoms with Gasteiger partial charge in [0.25, 0.3) is 0 Å². The average Bonchev–Trinajstić information content (AvgIpc) is 2.66. The highest BCUT2D eigenvalue weighted by atomic mass is 16.5. The van der Waals surface area contributed by atoms with E-state index in [1.165, 1.54) is 25.3 Å². The number of aliphatic hydroxyl groups is 1. The molecular formula is C22H27NO5. The highest BCUT2D eigenvalue weighted by Gasteiger charge is 2.28. The highest BCUT2D eigenvalue weighted by Crippen LogP contribution is 2.43. The highest BCUT2D eigenvalue weighted by molar-refractivity contribution is 5.91. The molecule has 150 valence electrons. The van der Waals surface area contributed by atoms with Gasteiger partial charge in [-0.05, 0) is 64.1 Å². The van der Waals surface area contributed by atoms with E-state index in [1.807, 2.05) is 26.0 Å². The second-order valence-electron chi connectivity index (χ2n) is 8.16. The summed E-state index contributed by atoms with van der Waals surface area (Å²) < 4.78 is 17.5. The van der Waals surface area contributed by atoms with Crippen LogP contribution in [0.1, 0.15) is 38.7 Å². The van der Waals surface area contributed by atoms with E-state index >= 15 is 0 Å². The molecule has 0 bridgehead atoms. The number of rotatable bonds is 5. The zero-order valence-electron chi connectivity index (χ0n) is 16.4. The van der Waals surface area contributed by atoms with Crippen LogP contribution in [0.4, 0.5) is 0 Å². The van der Waals surface area contributed by atoms with Crippen LogP contribution in [0.5, 0.6) is 11.5 Å². The number of hydrogen-bond donors (Lipinski definition) is 1. The largest absolute Gasteiger partial charge is 0.487 e. The lowest BCUT2D eigenvalue weighted by Crippen LogP contribution is -2.38. The molecule has 0 aliphatic carbocycles. The minimum absolute atomic E-state index is 0.179. The normalized spacial score (nSPS) is 19.8. The average molecular weight is 385 g/mol. The molecule has 0 spiro atoms. The van der Waals surface area contributed by atoms with Gasteiger partial charge in [-0.15, -0.1) is 0 Å². The van der Waals surface area contributed by atoms with E-state index in [1.54, 1.807) is 12.1 Å². The van der Waals surface area contributed by atoms with Gasteiger partial charge in [0.2, 0.25) is 0 Å². The molecule has 6 heteroatoms. The Balaban J connectivity index is 1.59. The van der Waals surface area contributed by atoms with Gasteiger partial charge in [-0.2, -0.15) is 0 Å². The van der Waals surface area contributed by atoms with Crippen LogP contribution in [0.3, 0.4) is 0 Å². The van der Waals surface area contributed by atoms with Crippen molar-refractivity contribution in [3.8, 4) is 11.5 Å². The third-order valence-electron chi connectivity index (χ3n) is 5.23. The smallest absolute Gasteiger partial charge is 0.336 e. The summed E-state index contributed by atoms with van der Waals surface area (Å²) in [6, 6.07) is 4.91. The van der Waals surface area contributed by atoms with Crippen LogP contribution in [0.15, 0.2) is 33.5 Å². The molecule has 1 N–H and O–H groups in total. The summed E-state index contributed by atoms with van der Waals surface area (Å²) in [5, 5.41) is 11.2. The van der Waals surface area contributed by atoms with Crippen LogP contribution in [-0.2, 0) is 0 Å². The molecule has 1 fully saturated rings. The van der Waals surface area contributed by atoms with Gasteiger partial charge < -0.3 is 23.9 Å². The Bertz CT molecular complexity index is 940. The fourth-order valence-electron chi connectivity index (χ4n) is 3.82. The first kappa shape index (κ1) is 19.0. The van der Waals surface area contributed by atoms with Crippen LogP contribution in [0.25, 0.3) is 17.0 Å². The minimum atomic E-state index is -0.578. The molecule has 1 aromatic heterocycles. The number of fused-ring (bicyclic) bond motifs is 3. The number of likely N-dealkylation sites (tertiary alicyclic amines) is 1. The van der Waals surface area contributed by atoms with E-state index in [4.69, 9.17) is 13.9 Å². The molecule has 1 atom stereocenters. The predicted octanol–water partition coefficient (Wildman–Crippen LogP) is 3.20. The van der Waals surface area contributed by atoms with Gasteiger partial charge >= 0.3 is 5.63 Å². The molecule has 0 radical (unpaired) electrons.